The summed E-state index contributed by atoms with van der Waals surface area (Å²) in [6.45, 7) is 0.663. The lowest BCUT2D eigenvalue weighted by Gasteiger charge is -2.30. The molecule has 0 bridgehead atoms. The second-order valence-corrected chi connectivity index (χ2v) is 2.75. The molecule has 0 spiro atoms. The summed E-state index contributed by atoms with van der Waals surface area (Å²) in [5, 5.41) is 20.9. The van der Waals surface area contributed by atoms with E-state index >= 15 is 0 Å². The van der Waals surface area contributed by atoms with Gasteiger partial charge in [-0.25, -0.2) is 0 Å². The van der Waals surface area contributed by atoms with Crippen LogP contribution in [0.15, 0.2) is 0 Å². The van der Waals surface area contributed by atoms with Gasteiger partial charge in [0.25, 0.3) is 0 Å². The first-order chi connectivity index (χ1) is 4.74. The molecule has 0 aromatic rings. The molecule has 10 heavy (non-hydrogen) atoms. The zero-order valence-corrected chi connectivity index (χ0v) is 5.83. The minimum atomic E-state index is -0.460. The minimum absolute atomic E-state index is 0.0230. The molecule has 1 saturated heterocycles. The van der Waals surface area contributed by atoms with E-state index in [0.29, 0.717) is 13.0 Å². The van der Waals surface area contributed by atoms with Gasteiger partial charge in [-0.15, -0.1) is 0 Å². The van der Waals surface area contributed by atoms with E-state index in [-0.39, 0.29) is 18.7 Å². The van der Waals surface area contributed by atoms with E-state index in [0.717, 1.165) is 0 Å². The SMILES string of the molecule is N[C@@H]1CN[C@@H](CO)C[C@@H]1O. The predicted octanol–water partition coefficient (Wildman–Crippen LogP) is -1.97. The topological polar surface area (TPSA) is 78.5 Å². The highest BCUT2D eigenvalue weighted by atomic mass is 16.3. The lowest BCUT2D eigenvalue weighted by molar-refractivity contribution is 0.0785. The van der Waals surface area contributed by atoms with Crippen molar-refractivity contribution in [2.24, 2.45) is 5.73 Å². The summed E-state index contributed by atoms with van der Waals surface area (Å²) >= 11 is 0. The number of piperidine rings is 1. The van der Waals surface area contributed by atoms with Crippen molar-refractivity contribution in [3.05, 3.63) is 0 Å². The quantitative estimate of drug-likeness (QED) is 0.346. The molecule has 1 aliphatic rings. The van der Waals surface area contributed by atoms with Crippen molar-refractivity contribution in [2.45, 2.75) is 24.6 Å². The van der Waals surface area contributed by atoms with Gasteiger partial charge in [0, 0.05) is 18.6 Å². The molecule has 0 unspecified atom stereocenters. The smallest absolute Gasteiger partial charge is 0.0719 e. The van der Waals surface area contributed by atoms with E-state index in [4.69, 9.17) is 10.8 Å². The first-order valence-electron chi connectivity index (χ1n) is 3.52. The Bertz CT molecular complexity index is 110. The number of hydrogen-bond acceptors (Lipinski definition) is 4. The summed E-state index contributed by atoms with van der Waals surface area (Å²) in [5.74, 6) is 0. The number of rotatable bonds is 1. The molecule has 1 heterocycles. The molecule has 0 amide bonds. The zero-order valence-electron chi connectivity index (χ0n) is 5.83. The molecular weight excluding hydrogens is 132 g/mol. The second-order valence-electron chi connectivity index (χ2n) is 2.75. The van der Waals surface area contributed by atoms with Crippen LogP contribution in [-0.4, -0.2) is 41.6 Å². The summed E-state index contributed by atoms with van der Waals surface area (Å²) in [4.78, 5) is 0. The fraction of sp³-hybridized carbons (Fsp3) is 1.00. The Morgan fingerprint density at radius 1 is 1.60 bits per heavy atom. The number of nitrogens with one attached hydrogen (secondary N) is 1. The normalized spacial score (nSPS) is 41.7. The summed E-state index contributed by atoms with van der Waals surface area (Å²) in [7, 11) is 0. The van der Waals surface area contributed by atoms with Gasteiger partial charge in [0.05, 0.1) is 12.7 Å². The molecule has 0 radical (unpaired) electrons. The molecule has 4 heteroatoms. The lowest BCUT2D eigenvalue weighted by Crippen LogP contribution is -2.54. The fourth-order valence-corrected chi connectivity index (χ4v) is 1.13. The van der Waals surface area contributed by atoms with Crippen molar-refractivity contribution in [1.82, 2.24) is 5.32 Å². The maximum Gasteiger partial charge on any atom is 0.0719 e. The van der Waals surface area contributed by atoms with Crippen LogP contribution in [0.1, 0.15) is 6.42 Å². The van der Waals surface area contributed by atoms with Crippen LogP contribution in [0, 0.1) is 0 Å². The first-order valence-corrected chi connectivity index (χ1v) is 3.52. The summed E-state index contributed by atoms with van der Waals surface area (Å²) in [6, 6.07) is -0.155. The number of hydrogen-bond donors (Lipinski definition) is 4. The maximum absolute atomic E-state index is 9.20. The van der Waals surface area contributed by atoms with E-state index in [1.165, 1.54) is 0 Å². The number of aliphatic hydroxyl groups excluding tert-OH is 2. The van der Waals surface area contributed by atoms with Gasteiger partial charge in [-0.05, 0) is 6.42 Å². The summed E-state index contributed by atoms with van der Waals surface area (Å²) in [6.07, 6.45) is 0.0934. The molecule has 0 aromatic heterocycles. The van der Waals surface area contributed by atoms with Crippen LogP contribution in [0.5, 0.6) is 0 Å². The molecule has 1 fully saturated rings. The number of nitrogens with two attached hydrogens (primary N) is 1. The lowest BCUT2D eigenvalue weighted by atomic mass is 9.99. The maximum atomic E-state index is 9.20. The average Bonchev–Trinajstić information content (AvgIpc) is 1.95. The van der Waals surface area contributed by atoms with Crippen molar-refractivity contribution in [3.8, 4) is 0 Å². The first kappa shape index (κ1) is 7.94. The summed E-state index contributed by atoms with van der Waals surface area (Å²) < 4.78 is 0. The third-order valence-electron chi connectivity index (χ3n) is 1.88. The van der Waals surface area contributed by atoms with E-state index in [1.54, 1.807) is 0 Å². The largest absolute Gasteiger partial charge is 0.395 e. The highest BCUT2D eigenvalue weighted by molar-refractivity contribution is 4.85. The van der Waals surface area contributed by atoms with Crippen LogP contribution in [0.25, 0.3) is 0 Å². The van der Waals surface area contributed by atoms with Crippen LogP contribution in [0.3, 0.4) is 0 Å². The Labute approximate surface area is 60.0 Å². The Morgan fingerprint density at radius 2 is 2.30 bits per heavy atom. The van der Waals surface area contributed by atoms with Gasteiger partial charge in [0.15, 0.2) is 0 Å². The van der Waals surface area contributed by atoms with Crippen LogP contribution < -0.4 is 11.1 Å². The molecule has 0 saturated carbocycles. The predicted molar refractivity (Wildman–Crippen MR) is 37.5 cm³/mol. The van der Waals surface area contributed by atoms with Crippen LogP contribution >= 0.6 is 0 Å². The standard InChI is InChI=1S/C6H14N2O2/c7-5-2-8-4(3-9)1-6(5)10/h4-6,8-10H,1-3,7H2/t4-,5-,6+/m1/s1. The molecule has 0 aromatic carbocycles. The average molecular weight is 146 g/mol. The number of aliphatic hydroxyl groups is 2. The zero-order chi connectivity index (χ0) is 7.56. The van der Waals surface area contributed by atoms with E-state index in [2.05, 4.69) is 5.32 Å². The van der Waals surface area contributed by atoms with Crippen LogP contribution in [-0.2, 0) is 0 Å². The molecule has 1 aliphatic heterocycles. The molecule has 3 atom stereocenters. The fourth-order valence-electron chi connectivity index (χ4n) is 1.13. The van der Waals surface area contributed by atoms with Crippen molar-refractivity contribution in [1.29, 1.82) is 0 Å². The Hall–Kier alpha value is -0.160. The van der Waals surface area contributed by atoms with E-state index < -0.39 is 6.10 Å². The van der Waals surface area contributed by atoms with Crippen LogP contribution in [0.2, 0.25) is 0 Å². The Morgan fingerprint density at radius 3 is 2.80 bits per heavy atom. The highest BCUT2D eigenvalue weighted by Gasteiger charge is 2.24. The van der Waals surface area contributed by atoms with Gasteiger partial charge < -0.3 is 21.3 Å². The third-order valence-corrected chi connectivity index (χ3v) is 1.88. The van der Waals surface area contributed by atoms with Crippen LogP contribution in [0.4, 0.5) is 0 Å². The molecule has 5 N–H and O–H groups in total. The van der Waals surface area contributed by atoms with Crippen molar-refractivity contribution < 1.29 is 10.2 Å². The monoisotopic (exact) mass is 146 g/mol. The van der Waals surface area contributed by atoms with Gasteiger partial charge in [0.1, 0.15) is 0 Å². The Balaban J connectivity index is 2.33. The van der Waals surface area contributed by atoms with Gasteiger partial charge >= 0.3 is 0 Å². The van der Waals surface area contributed by atoms with Gasteiger partial charge in [-0.1, -0.05) is 0 Å². The van der Waals surface area contributed by atoms with E-state index in [9.17, 15) is 5.11 Å². The van der Waals surface area contributed by atoms with E-state index in [1.807, 2.05) is 0 Å². The van der Waals surface area contributed by atoms with Gasteiger partial charge in [-0.2, -0.15) is 0 Å². The van der Waals surface area contributed by atoms with Crippen molar-refractivity contribution in [2.75, 3.05) is 13.2 Å². The van der Waals surface area contributed by atoms with Crippen molar-refractivity contribution in [3.63, 3.8) is 0 Å². The minimum Gasteiger partial charge on any atom is -0.395 e. The van der Waals surface area contributed by atoms with Gasteiger partial charge in [0.2, 0.25) is 0 Å². The molecular formula is C6H14N2O2. The highest BCUT2D eigenvalue weighted by Crippen LogP contribution is 2.06. The Kier molecular flexibility index (Phi) is 2.62. The third kappa shape index (κ3) is 1.67. The van der Waals surface area contributed by atoms with Gasteiger partial charge in [-0.3, -0.25) is 0 Å². The second kappa shape index (κ2) is 3.30. The summed E-state index contributed by atoms with van der Waals surface area (Å²) in [5.41, 5.74) is 5.50. The molecule has 0 aliphatic carbocycles. The molecule has 1 rings (SSSR count). The van der Waals surface area contributed by atoms with Crippen molar-refractivity contribution >= 4 is 0 Å². The molecule has 60 valence electrons. The molecule has 4 nitrogen and oxygen atoms in total.